The molecule has 0 spiro atoms. The minimum absolute atomic E-state index is 0.165. The first-order chi connectivity index (χ1) is 10.7. The highest BCUT2D eigenvalue weighted by atomic mass is 16.5. The SMILES string of the molecule is CC/C(=C\Oc1ccc(OC)cc1)C(=O)Nc1ccccc1. The minimum Gasteiger partial charge on any atom is -0.497 e. The smallest absolute Gasteiger partial charge is 0.254 e. The van der Waals surface area contributed by atoms with Gasteiger partial charge in [0.15, 0.2) is 0 Å². The quantitative estimate of drug-likeness (QED) is 0.647. The lowest BCUT2D eigenvalue weighted by molar-refractivity contribution is -0.113. The van der Waals surface area contributed by atoms with E-state index in [1.165, 1.54) is 6.26 Å². The highest BCUT2D eigenvalue weighted by Gasteiger charge is 2.08. The van der Waals surface area contributed by atoms with Crippen LogP contribution in [0.15, 0.2) is 66.4 Å². The summed E-state index contributed by atoms with van der Waals surface area (Å²) in [5.41, 5.74) is 1.33. The number of carbonyl (C=O) groups excluding carboxylic acids is 1. The Morgan fingerprint density at radius 3 is 2.27 bits per heavy atom. The summed E-state index contributed by atoms with van der Waals surface area (Å²) >= 11 is 0. The standard InChI is InChI=1S/C18H19NO3/c1-3-14(18(20)19-15-7-5-4-6-8-15)13-22-17-11-9-16(21-2)10-12-17/h4-13H,3H2,1-2H3,(H,19,20)/b14-13+. The Hall–Kier alpha value is -2.75. The lowest BCUT2D eigenvalue weighted by atomic mass is 10.2. The van der Waals surface area contributed by atoms with E-state index in [0.717, 1.165) is 11.4 Å². The molecule has 114 valence electrons. The minimum atomic E-state index is -0.165. The fraction of sp³-hybridized carbons (Fsp3) is 0.167. The summed E-state index contributed by atoms with van der Waals surface area (Å²) in [6, 6.07) is 16.5. The molecule has 0 aliphatic rings. The van der Waals surface area contributed by atoms with E-state index in [0.29, 0.717) is 17.7 Å². The number of carbonyl (C=O) groups is 1. The van der Waals surface area contributed by atoms with Gasteiger partial charge in [-0.25, -0.2) is 0 Å². The third kappa shape index (κ3) is 4.38. The Balaban J connectivity index is 2.01. The van der Waals surface area contributed by atoms with Crippen molar-refractivity contribution in [1.82, 2.24) is 0 Å². The molecule has 1 amide bonds. The second-order valence-electron chi connectivity index (χ2n) is 4.61. The molecule has 0 heterocycles. The van der Waals surface area contributed by atoms with Gasteiger partial charge in [-0.1, -0.05) is 25.1 Å². The van der Waals surface area contributed by atoms with E-state index >= 15 is 0 Å². The number of nitrogens with one attached hydrogen (secondary N) is 1. The van der Waals surface area contributed by atoms with Crippen molar-refractivity contribution >= 4 is 11.6 Å². The fourth-order valence-corrected chi connectivity index (χ4v) is 1.82. The van der Waals surface area contributed by atoms with Gasteiger partial charge in [0.2, 0.25) is 0 Å². The van der Waals surface area contributed by atoms with Crippen molar-refractivity contribution in [2.24, 2.45) is 0 Å². The maximum absolute atomic E-state index is 12.2. The number of para-hydroxylation sites is 1. The van der Waals surface area contributed by atoms with Crippen LogP contribution >= 0.6 is 0 Å². The van der Waals surface area contributed by atoms with Crippen molar-refractivity contribution in [3.8, 4) is 11.5 Å². The van der Waals surface area contributed by atoms with Crippen molar-refractivity contribution in [1.29, 1.82) is 0 Å². The van der Waals surface area contributed by atoms with Crippen LogP contribution in [0.5, 0.6) is 11.5 Å². The van der Waals surface area contributed by atoms with Gasteiger partial charge in [-0.3, -0.25) is 4.79 Å². The normalized spacial score (nSPS) is 10.9. The van der Waals surface area contributed by atoms with Gasteiger partial charge >= 0.3 is 0 Å². The molecular weight excluding hydrogens is 278 g/mol. The van der Waals surface area contributed by atoms with Gasteiger partial charge in [-0.15, -0.1) is 0 Å². The van der Waals surface area contributed by atoms with Crippen LogP contribution in [0.1, 0.15) is 13.3 Å². The molecule has 0 radical (unpaired) electrons. The predicted molar refractivity (Wildman–Crippen MR) is 87.1 cm³/mol. The van der Waals surface area contributed by atoms with Crippen molar-refractivity contribution in [3.05, 3.63) is 66.4 Å². The highest BCUT2D eigenvalue weighted by Crippen LogP contribution is 2.18. The molecule has 1 N–H and O–H groups in total. The monoisotopic (exact) mass is 297 g/mol. The van der Waals surface area contributed by atoms with Gasteiger partial charge in [0, 0.05) is 5.69 Å². The van der Waals surface area contributed by atoms with Gasteiger partial charge < -0.3 is 14.8 Å². The Morgan fingerprint density at radius 1 is 1.05 bits per heavy atom. The second-order valence-corrected chi connectivity index (χ2v) is 4.61. The lowest BCUT2D eigenvalue weighted by Gasteiger charge is -2.08. The molecule has 0 aliphatic heterocycles. The summed E-state index contributed by atoms with van der Waals surface area (Å²) in [5.74, 6) is 1.25. The van der Waals surface area contributed by atoms with E-state index in [1.54, 1.807) is 31.4 Å². The van der Waals surface area contributed by atoms with E-state index in [9.17, 15) is 4.79 Å². The number of amides is 1. The number of hydrogen-bond acceptors (Lipinski definition) is 3. The number of anilines is 1. The zero-order valence-electron chi connectivity index (χ0n) is 12.7. The molecule has 0 atom stereocenters. The third-order valence-corrected chi connectivity index (χ3v) is 3.10. The molecule has 4 nitrogen and oxygen atoms in total. The topological polar surface area (TPSA) is 47.6 Å². The van der Waals surface area contributed by atoms with Crippen LogP contribution < -0.4 is 14.8 Å². The van der Waals surface area contributed by atoms with Crippen molar-refractivity contribution in [3.63, 3.8) is 0 Å². The number of benzene rings is 2. The van der Waals surface area contributed by atoms with Crippen LogP contribution in [-0.4, -0.2) is 13.0 Å². The summed E-state index contributed by atoms with van der Waals surface area (Å²) in [5, 5.41) is 2.84. The van der Waals surface area contributed by atoms with Crippen LogP contribution in [0.3, 0.4) is 0 Å². The van der Waals surface area contributed by atoms with Crippen molar-refractivity contribution in [2.45, 2.75) is 13.3 Å². The second kappa shape index (κ2) is 7.88. The first-order valence-electron chi connectivity index (χ1n) is 7.09. The first kappa shape index (κ1) is 15.6. The summed E-state index contributed by atoms with van der Waals surface area (Å²) in [6.45, 7) is 1.91. The van der Waals surface area contributed by atoms with Crippen LogP contribution in [0.25, 0.3) is 0 Å². The van der Waals surface area contributed by atoms with Gasteiger partial charge in [-0.2, -0.15) is 0 Å². The number of ether oxygens (including phenoxy) is 2. The summed E-state index contributed by atoms with van der Waals surface area (Å²) < 4.78 is 10.6. The molecule has 0 fully saturated rings. The van der Waals surface area contributed by atoms with Crippen molar-refractivity contribution < 1.29 is 14.3 Å². The van der Waals surface area contributed by atoms with Gasteiger partial charge in [0.1, 0.15) is 11.5 Å². The summed E-state index contributed by atoms with van der Waals surface area (Å²) in [7, 11) is 1.61. The average molecular weight is 297 g/mol. The molecule has 0 aliphatic carbocycles. The van der Waals surface area contributed by atoms with Gasteiger partial charge in [-0.05, 0) is 42.8 Å². The molecule has 2 aromatic carbocycles. The Morgan fingerprint density at radius 2 is 1.68 bits per heavy atom. The van der Waals surface area contributed by atoms with E-state index in [-0.39, 0.29) is 5.91 Å². The first-order valence-corrected chi connectivity index (χ1v) is 7.09. The van der Waals surface area contributed by atoms with E-state index in [2.05, 4.69) is 5.32 Å². The van der Waals surface area contributed by atoms with Crippen LogP contribution in [0.2, 0.25) is 0 Å². The predicted octanol–water partition coefficient (Wildman–Crippen LogP) is 4.01. The molecule has 2 rings (SSSR count). The number of hydrogen-bond donors (Lipinski definition) is 1. The third-order valence-electron chi connectivity index (χ3n) is 3.10. The molecule has 0 bridgehead atoms. The molecular formula is C18H19NO3. The molecule has 0 unspecified atom stereocenters. The summed E-state index contributed by atoms with van der Waals surface area (Å²) in [4.78, 5) is 12.2. The summed E-state index contributed by atoms with van der Waals surface area (Å²) in [6.07, 6.45) is 2.06. The van der Waals surface area contributed by atoms with Gasteiger partial charge in [0.05, 0.1) is 18.9 Å². The largest absolute Gasteiger partial charge is 0.497 e. The zero-order valence-corrected chi connectivity index (χ0v) is 12.7. The molecule has 4 heteroatoms. The van der Waals surface area contributed by atoms with Crippen molar-refractivity contribution in [2.75, 3.05) is 12.4 Å². The van der Waals surface area contributed by atoms with Gasteiger partial charge in [0.25, 0.3) is 5.91 Å². The fourth-order valence-electron chi connectivity index (χ4n) is 1.82. The van der Waals surface area contributed by atoms with Crippen LogP contribution in [-0.2, 0) is 4.79 Å². The highest BCUT2D eigenvalue weighted by molar-refractivity contribution is 6.03. The van der Waals surface area contributed by atoms with Crippen LogP contribution in [0.4, 0.5) is 5.69 Å². The number of methoxy groups -OCH3 is 1. The maximum Gasteiger partial charge on any atom is 0.254 e. The average Bonchev–Trinajstić information content (AvgIpc) is 2.57. The molecule has 22 heavy (non-hydrogen) atoms. The molecule has 0 saturated carbocycles. The Kier molecular flexibility index (Phi) is 5.60. The Bertz CT molecular complexity index is 633. The Labute approximate surface area is 130 Å². The molecule has 0 aromatic heterocycles. The van der Waals surface area contributed by atoms with E-state index < -0.39 is 0 Å². The molecule has 2 aromatic rings. The zero-order chi connectivity index (χ0) is 15.8. The van der Waals surface area contributed by atoms with Crippen LogP contribution in [0, 0.1) is 0 Å². The lowest BCUT2D eigenvalue weighted by Crippen LogP contribution is -2.14. The number of rotatable bonds is 6. The van der Waals surface area contributed by atoms with E-state index in [1.807, 2.05) is 37.3 Å². The van der Waals surface area contributed by atoms with E-state index in [4.69, 9.17) is 9.47 Å². The molecule has 0 saturated heterocycles. The maximum atomic E-state index is 12.2.